The fourth-order valence-electron chi connectivity index (χ4n) is 4.12. The third-order valence-electron chi connectivity index (χ3n) is 6.02. The Labute approximate surface area is 225 Å². The van der Waals surface area contributed by atoms with E-state index in [1.807, 2.05) is 0 Å². The number of aliphatic hydroxyl groups is 1. The van der Waals surface area contributed by atoms with E-state index in [9.17, 15) is 36.2 Å². The van der Waals surface area contributed by atoms with E-state index in [1.165, 1.54) is 24.5 Å². The highest BCUT2D eigenvalue weighted by atomic mass is 19.4. The summed E-state index contributed by atoms with van der Waals surface area (Å²) in [5.41, 5.74) is -3.00. The molecule has 1 amide bonds. The summed E-state index contributed by atoms with van der Waals surface area (Å²) in [6, 6.07) is 13.4. The number of aromatic nitrogens is 4. The maximum Gasteiger partial charge on any atom is 0.418 e. The molecule has 41 heavy (non-hydrogen) atoms. The highest BCUT2D eigenvalue weighted by Crippen LogP contribution is 2.39. The van der Waals surface area contributed by atoms with Gasteiger partial charge in [-0.15, -0.1) is 0 Å². The van der Waals surface area contributed by atoms with Crippen LogP contribution in [0.25, 0.3) is 28.0 Å². The number of halogens is 7. The van der Waals surface area contributed by atoms with Crippen molar-refractivity contribution in [2.24, 2.45) is 0 Å². The summed E-state index contributed by atoms with van der Waals surface area (Å²) in [5, 5.41) is 16.4. The van der Waals surface area contributed by atoms with Gasteiger partial charge in [0, 0.05) is 23.3 Å². The predicted octanol–water partition coefficient (Wildman–Crippen LogP) is 6.49. The number of alkyl halides is 6. The summed E-state index contributed by atoms with van der Waals surface area (Å²) >= 11 is 0. The number of carbonyl (C=O) groups is 1. The quantitative estimate of drug-likeness (QED) is 0.234. The average Bonchev–Trinajstić information content (AvgIpc) is 3.29. The normalized spacial score (nSPS) is 12.9. The number of carbonyl (C=O) groups excluding carboxylic acids is 1. The van der Waals surface area contributed by atoms with E-state index in [0.29, 0.717) is 11.8 Å². The monoisotopic (exact) mass is 575 g/mol. The molecule has 0 aliphatic heterocycles. The Morgan fingerprint density at radius 3 is 2.22 bits per heavy atom. The zero-order valence-corrected chi connectivity index (χ0v) is 20.4. The molecule has 1 unspecified atom stereocenters. The van der Waals surface area contributed by atoms with E-state index in [2.05, 4.69) is 20.4 Å². The van der Waals surface area contributed by atoms with Crippen molar-refractivity contribution in [3.05, 3.63) is 102 Å². The van der Waals surface area contributed by atoms with Gasteiger partial charge in [0.15, 0.2) is 11.9 Å². The maximum absolute atomic E-state index is 15.0. The van der Waals surface area contributed by atoms with Crippen LogP contribution >= 0.6 is 0 Å². The Hall–Kier alpha value is -4.85. The molecule has 0 bridgehead atoms. The smallest absolute Gasteiger partial charge is 0.379 e. The van der Waals surface area contributed by atoms with Crippen molar-refractivity contribution in [2.45, 2.75) is 18.5 Å². The number of rotatable bonds is 5. The number of aliphatic hydroxyl groups excluding tert-OH is 1. The van der Waals surface area contributed by atoms with Crippen LogP contribution in [0.3, 0.4) is 0 Å². The molecule has 1 atom stereocenters. The first-order valence-electron chi connectivity index (χ1n) is 11.7. The van der Waals surface area contributed by atoms with Crippen LogP contribution in [0, 0.1) is 5.82 Å². The van der Waals surface area contributed by atoms with Gasteiger partial charge in [-0.2, -0.15) is 31.4 Å². The van der Waals surface area contributed by atoms with Crippen molar-refractivity contribution in [3.8, 4) is 17.1 Å². The van der Waals surface area contributed by atoms with E-state index >= 15 is 4.39 Å². The summed E-state index contributed by atoms with van der Waals surface area (Å²) in [6.07, 6.45) is -10.5. The number of benzene rings is 3. The molecule has 14 heteroatoms. The molecule has 0 radical (unpaired) electrons. The number of hydrogen-bond donors (Lipinski definition) is 2. The summed E-state index contributed by atoms with van der Waals surface area (Å²) in [4.78, 5) is 20.9. The molecular formula is C27H16F7N5O2. The van der Waals surface area contributed by atoms with E-state index in [0.717, 1.165) is 16.8 Å². The van der Waals surface area contributed by atoms with Crippen molar-refractivity contribution in [2.75, 3.05) is 5.32 Å². The van der Waals surface area contributed by atoms with E-state index < -0.39 is 58.3 Å². The van der Waals surface area contributed by atoms with Crippen LogP contribution in [0.4, 0.5) is 36.6 Å². The molecule has 5 rings (SSSR count). The first-order chi connectivity index (χ1) is 19.3. The van der Waals surface area contributed by atoms with Gasteiger partial charge >= 0.3 is 12.4 Å². The van der Waals surface area contributed by atoms with E-state index in [-0.39, 0.29) is 22.8 Å². The molecule has 0 saturated heterocycles. The Kier molecular flexibility index (Phi) is 6.95. The molecule has 0 aliphatic carbocycles. The van der Waals surface area contributed by atoms with Crippen LogP contribution in [0.5, 0.6) is 0 Å². The first kappa shape index (κ1) is 27.7. The number of nitrogens with one attached hydrogen (secondary N) is 1. The van der Waals surface area contributed by atoms with Gasteiger partial charge in [-0.05, 0) is 48.0 Å². The molecule has 0 spiro atoms. The molecule has 5 aromatic rings. The van der Waals surface area contributed by atoms with Crippen LogP contribution in [-0.4, -0.2) is 36.9 Å². The van der Waals surface area contributed by atoms with Crippen LogP contribution in [-0.2, 0) is 6.18 Å². The SMILES string of the molecule is O=C(Nc1c2cc(C(O)C(F)(F)F)ccc2nn1-c1ccccc1)c1cc(-c2ncccn2)c(C(F)(F)F)cc1F. The van der Waals surface area contributed by atoms with E-state index in [4.69, 9.17) is 0 Å². The Morgan fingerprint density at radius 2 is 1.59 bits per heavy atom. The van der Waals surface area contributed by atoms with Gasteiger partial charge in [0.05, 0.1) is 22.3 Å². The number of hydrogen-bond acceptors (Lipinski definition) is 5. The van der Waals surface area contributed by atoms with Crippen LogP contribution < -0.4 is 5.32 Å². The Morgan fingerprint density at radius 1 is 0.902 bits per heavy atom. The lowest BCUT2D eigenvalue weighted by molar-refractivity contribution is -0.206. The minimum atomic E-state index is -5.01. The average molecular weight is 575 g/mol. The molecule has 7 nitrogen and oxygen atoms in total. The van der Waals surface area contributed by atoms with Crippen molar-refractivity contribution >= 4 is 22.6 Å². The molecule has 0 aliphatic rings. The van der Waals surface area contributed by atoms with E-state index in [1.54, 1.807) is 30.3 Å². The lowest BCUT2D eigenvalue weighted by Crippen LogP contribution is -2.20. The second-order valence-corrected chi connectivity index (χ2v) is 8.72. The summed E-state index contributed by atoms with van der Waals surface area (Å²) in [7, 11) is 0. The molecule has 3 aromatic carbocycles. The Balaban J connectivity index is 1.65. The molecule has 0 saturated carbocycles. The van der Waals surface area contributed by atoms with Gasteiger partial charge in [0.25, 0.3) is 5.91 Å². The first-order valence-corrected chi connectivity index (χ1v) is 11.7. The van der Waals surface area contributed by atoms with Gasteiger partial charge in [-0.3, -0.25) is 4.79 Å². The van der Waals surface area contributed by atoms with Gasteiger partial charge in [-0.25, -0.2) is 19.0 Å². The summed E-state index contributed by atoms with van der Waals surface area (Å²) in [6.45, 7) is 0. The standard InChI is InChI=1S/C27H16F7N5O2/c28-20-13-19(26(29,30)31)16(23-35-9-4-10-36-23)12-17(20)25(41)37-24-18-11-14(22(40)27(32,33)34)7-8-21(18)38-39(24)15-5-2-1-3-6-15/h1-13,22,40H,(H,37,41). The van der Waals surface area contributed by atoms with Crippen LogP contribution in [0.1, 0.15) is 27.6 Å². The van der Waals surface area contributed by atoms with Gasteiger partial charge in [0.2, 0.25) is 0 Å². The zero-order chi connectivity index (χ0) is 29.5. The topological polar surface area (TPSA) is 92.9 Å². The molecule has 2 N–H and O–H groups in total. The minimum Gasteiger partial charge on any atom is -0.379 e. The largest absolute Gasteiger partial charge is 0.418 e. The number of amides is 1. The third-order valence-corrected chi connectivity index (χ3v) is 6.02. The predicted molar refractivity (Wildman–Crippen MR) is 132 cm³/mol. The molecular weight excluding hydrogens is 559 g/mol. The van der Waals surface area contributed by atoms with Gasteiger partial charge in [-0.1, -0.05) is 24.3 Å². The lowest BCUT2D eigenvalue weighted by atomic mass is 10.0. The number of fused-ring (bicyclic) bond motifs is 1. The number of anilines is 1. The van der Waals surface area contributed by atoms with Gasteiger partial charge < -0.3 is 10.4 Å². The summed E-state index contributed by atoms with van der Waals surface area (Å²) in [5.74, 6) is -3.38. The lowest BCUT2D eigenvalue weighted by Gasteiger charge is -2.16. The van der Waals surface area contributed by atoms with Crippen molar-refractivity contribution in [3.63, 3.8) is 0 Å². The highest BCUT2D eigenvalue weighted by Gasteiger charge is 2.40. The molecule has 210 valence electrons. The zero-order valence-electron chi connectivity index (χ0n) is 20.4. The van der Waals surface area contributed by atoms with Crippen molar-refractivity contribution in [1.82, 2.24) is 19.7 Å². The fraction of sp³-hybridized carbons (Fsp3) is 0.111. The minimum absolute atomic E-state index is 0.0538. The van der Waals surface area contributed by atoms with Crippen LogP contribution in [0.15, 0.2) is 79.1 Å². The molecule has 0 fully saturated rings. The second-order valence-electron chi connectivity index (χ2n) is 8.72. The van der Waals surface area contributed by atoms with Crippen LogP contribution in [0.2, 0.25) is 0 Å². The van der Waals surface area contributed by atoms with Crippen molar-refractivity contribution in [1.29, 1.82) is 0 Å². The fourth-order valence-corrected chi connectivity index (χ4v) is 4.12. The van der Waals surface area contributed by atoms with Gasteiger partial charge in [0.1, 0.15) is 11.6 Å². The number of nitrogens with zero attached hydrogens (tertiary/aromatic N) is 4. The summed E-state index contributed by atoms with van der Waals surface area (Å²) < 4.78 is 96.9. The molecule has 2 aromatic heterocycles. The third kappa shape index (κ3) is 5.45. The second kappa shape index (κ2) is 10.3. The highest BCUT2D eigenvalue weighted by molar-refractivity contribution is 6.09. The Bertz CT molecular complexity index is 1740. The maximum atomic E-state index is 15.0. The molecule has 2 heterocycles. The van der Waals surface area contributed by atoms with Crippen molar-refractivity contribution < 1.29 is 40.6 Å². The number of para-hydroxylation sites is 1.